The molecule has 1 unspecified atom stereocenters. The van der Waals surface area contributed by atoms with E-state index in [9.17, 15) is 18.3 Å². The molecule has 0 amide bonds. The molecule has 0 spiro atoms. The maximum atomic E-state index is 12.9. The highest BCUT2D eigenvalue weighted by Crippen LogP contribution is 2.27. The van der Waals surface area contributed by atoms with E-state index in [1.807, 2.05) is 42.5 Å². The molecule has 0 saturated carbocycles. The average Bonchev–Trinajstić information content (AvgIpc) is 3.32. The molecule has 10 heteroatoms. The van der Waals surface area contributed by atoms with Crippen molar-refractivity contribution >= 4 is 39.2 Å². The number of benzene rings is 3. The molecule has 34 heavy (non-hydrogen) atoms. The summed E-state index contributed by atoms with van der Waals surface area (Å²) in [6, 6.07) is 22.7. The van der Waals surface area contributed by atoms with E-state index >= 15 is 0 Å². The lowest BCUT2D eigenvalue weighted by Crippen LogP contribution is -2.26. The van der Waals surface area contributed by atoms with Gasteiger partial charge in [0.05, 0.1) is 16.6 Å². The first-order chi connectivity index (χ1) is 16.3. The number of halogens is 1. The smallest absolute Gasteiger partial charge is 0.308 e. The Kier molecular flexibility index (Phi) is 7.35. The van der Waals surface area contributed by atoms with E-state index in [4.69, 9.17) is 16.0 Å². The van der Waals surface area contributed by atoms with E-state index in [2.05, 4.69) is 10.2 Å². The number of aliphatic carboxylic acids is 1. The number of nitrogens with zero attached hydrogens (tertiary/aromatic N) is 2. The molecule has 0 aliphatic carbocycles. The van der Waals surface area contributed by atoms with Crippen molar-refractivity contribution in [2.75, 3.05) is 11.5 Å². The molecule has 4 aromatic rings. The van der Waals surface area contributed by atoms with Gasteiger partial charge in [0.2, 0.25) is 5.89 Å². The molecule has 1 N–H and O–H groups in total. The number of carboxylic acid groups (broad SMARTS) is 1. The topological polar surface area (TPSA) is 110 Å². The lowest BCUT2D eigenvalue weighted by molar-refractivity contribution is -0.140. The largest absolute Gasteiger partial charge is 0.481 e. The normalized spacial score (nSPS) is 12.4. The number of carbonyl (C=O) groups is 1. The summed E-state index contributed by atoms with van der Waals surface area (Å²) in [4.78, 5) is 11.8. The third-order valence-electron chi connectivity index (χ3n) is 5.00. The van der Waals surface area contributed by atoms with Crippen LogP contribution in [0.15, 0.2) is 93.4 Å². The minimum atomic E-state index is -3.83. The van der Waals surface area contributed by atoms with E-state index in [1.54, 1.807) is 24.3 Å². The first kappa shape index (κ1) is 24.0. The second kappa shape index (κ2) is 10.4. The third-order valence-corrected chi connectivity index (χ3v) is 8.06. The predicted octanol–water partition coefficient (Wildman–Crippen LogP) is 5.32. The molecule has 3 aromatic carbocycles. The molecule has 1 aromatic heterocycles. The summed E-state index contributed by atoms with van der Waals surface area (Å²) >= 11 is 6.92. The van der Waals surface area contributed by atoms with Gasteiger partial charge in [0.15, 0.2) is 9.84 Å². The van der Waals surface area contributed by atoms with Crippen LogP contribution in [-0.2, 0) is 14.6 Å². The highest BCUT2D eigenvalue weighted by atomic mass is 35.5. The van der Waals surface area contributed by atoms with Gasteiger partial charge in [-0.2, -0.15) is 0 Å². The fourth-order valence-corrected chi connectivity index (χ4v) is 5.84. The van der Waals surface area contributed by atoms with Crippen molar-refractivity contribution < 1.29 is 22.7 Å². The minimum absolute atomic E-state index is 0.0339. The maximum absolute atomic E-state index is 12.9. The van der Waals surface area contributed by atoms with E-state index in [0.29, 0.717) is 10.9 Å². The van der Waals surface area contributed by atoms with Gasteiger partial charge in [-0.3, -0.25) is 4.79 Å². The Balaban J connectivity index is 1.43. The highest BCUT2D eigenvalue weighted by molar-refractivity contribution is 7.99. The van der Waals surface area contributed by atoms with Gasteiger partial charge < -0.3 is 9.52 Å². The molecule has 0 saturated heterocycles. The number of sulfone groups is 1. The van der Waals surface area contributed by atoms with Crippen molar-refractivity contribution in [3.8, 4) is 22.6 Å². The van der Waals surface area contributed by atoms with Gasteiger partial charge in [-0.05, 0) is 47.5 Å². The molecule has 1 atom stereocenters. The van der Waals surface area contributed by atoms with Gasteiger partial charge in [-0.15, -0.1) is 10.2 Å². The summed E-state index contributed by atoms with van der Waals surface area (Å²) in [6.07, 6.45) is 0. The first-order valence-electron chi connectivity index (χ1n) is 10.1. The van der Waals surface area contributed by atoms with Crippen LogP contribution >= 0.6 is 23.4 Å². The zero-order valence-corrected chi connectivity index (χ0v) is 20.1. The van der Waals surface area contributed by atoms with Crippen molar-refractivity contribution in [1.82, 2.24) is 10.2 Å². The van der Waals surface area contributed by atoms with Gasteiger partial charge in [0.25, 0.3) is 5.22 Å². The van der Waals surface area contributed by atoms with Crippen LogP contribution in [0.3, 0.4) is 0 Å². The standard InChI is InChI=1S/C24H19ClN2O5S2/c25-20-10-6-16(7-11-20)17-8-12-21(13-9-17)34(30,31)15-19(23(28)29)14-33-24-27-26-22(32-24)18-4-2-1-3-5-18/h1-13,19H,14-15H2,(H,28,29). The lowest BCUT2D eigenvalue weighted by Gasteiger charge is -2.12. The van der Waals surface area contributed by atoms with E-state index in [1.165, 1.54) is 12.1 Å². The first-order valence-corrected chi connectivity index (χ1v) is 13.2. The SMILES string of the molecule is O=C(O)C(CSc1nnc(-c2ccccc2)o1)CS(=O)(=O)c1ccc(-c2ccc(Cl)cc2)cc1. The van der Waals surface area contributed by atoms with Gasteiger partial charge in [0, 0.05) is 16.3 Å². The molecule has 1 heterocycles. The van der Waals surface area contributed by atoms with Crippen molar-refractivity contribution in [3.05, 3.63) is 83.9 Å². The second-order valence-corrected chi connectivity index (χ2v) is 10.8. The summed E-state index contributed by atoms with van der Waals surface area (Å²) in [5, 5.41) is 18.3. The van der Waals surface area contributed by atoms with Crippen LogP contribution in [0.4, 0.5) is 0 Å². The summed E-state index contributed by atoms with van der Waals surface area (Å²) in [5.74, 6) is -2.64. The van der Waals surface area contributed by atoms with Crippen LogP contribution < -0.4 is 0 Å². The summed E-state index contributed by atoms with van der Waals surface area (Å²) in [6.45, 7) is 0. The Morgan fingerprint density at radius 1 is 0.912 bits per heavy atom. The number of hydrogen-bond acceptors (Lipinski definition) is 7. The van der Waals surface area contributed by atoms with Crippen LogP contribution in [0.5, 0.6) is 0 Å². The monoisotopic (exact) mass is 514 g/mol. The number of rotatable bonds is 9. The van der Waals surface area contributed by atoms with Crippen LogP contribution in [0.25, 0.3) is 22.6 Å². The fraction of sp³-hybridized carbons (Fsp3) is 0.125. The molecule has 4 rings (SSSR count). The van der Waals surface area contributed by atoms with Crippen molar-refractivity contribution in [1.29, 1.82) is 0 Å². The molecule has 0 fully saturated rings. The summed E-state index contributed by atoms with van der Waals surface area (Å²) in [5.41, 5.74) is 2.45. The van der Waals surface area contributed by atoms with Gasteiger partial charge in [-0.25, -0.2) is 8.42 Å². The number of hydrogen-bond donors (Lipinski definition) is 1. The van der Waals surface area contributed by atoms with Gasteiger partial charge in [-0.1, -0.05) is 65.8 Å². The summed E-state index contributed by atoms with van der Waals surface area (Å²) < 4.78 is 31.4. The quantitative estimate of drug-likeness (QED) is 0.299. The summed E-state index contributed by atoms with van der Waals surface area (Å²) in [7, 11) is -3.83. The number of thioether (sulfide) groups is 1. The lowest BCUT2D eigenvalue weighted by atomic mass is 10.1. The average molecular weight is 515 g/mol. The Morgan fingerprint density at radius 3 is 2.15 bits per heavy atom. The Bertz CT molecular complexity index is 1370. The molecular formula is C24H19ClN2O5S2. The minimum Gasteiger partial charge on any atom is -0.481 e. The van der Waals surface area contributed by atoms with Crippen LogP contribution in [0, 0.1) is 5.92 Å². The number of aromatic nitrogens is 2. The van der Waals surface area contributed by atoms with Crippen LogP contribution in [0.1, 0.15) is 0 Å². The highest BCUT2D eigenvalue weighted by Gasteiger charge is 2.27. The molecule has 174 valence electrons. The number of carboxylic acids is 1. The van der Waals surface area contributed by atoms with E-state index in [-0.39, 0.29) is 15.9 Å². The van der Waals surface area contributed by atoms with Crippen molar-refractivity contribution in [3.63, 3.8) is 0 Å². The molecule has 0 aliphatic rings. The van der Waals surface area contributed by atoms with Crippen LogP contribution in [0.2, 0.25) is 5.02 Å². The van der Waals surface area contributed by atoms with Crippen molar-refractivity contribution in [2.24, 2.45) is 5.92 Å². The Hall–Kier alpha value is -3.14. The Labute approximate surface area is 205 Å². The fourth-order valence-electron chi connectivity index (χ4n) is 3.19. The predicted molar refractivity (Wildman–Crippen MR) is 131 cm³/mol. The maximum Gasteiger partial charge on any atom is 0.308 e. The van der Waals surface area contributed by atoms with Crippen molar-refractivity contribution in [2.45, 2.75) is 10.1 Å². The molecule has 0 aliphatic heterocycles. The second-order valence-electron chi connectivity index (χ2n) is 7.40. The van der Waals surface area contributed by atoms with Gasteiger partial charge >= 0.3 is 5.97 Å². The molecular weight excluding hydrogens is 496 g/mol. The third kappa shape index (κ3) is 5.85. The zero-order valence-electron chi connectivity index (χ0n) is 17.7. The Morgan fingerprint density at radius 2 is 1.53 bits per heavy atom. The van der Waals surface area contributed by atoms with Crippen LogP contribution in [-0.4, -0.2) is 41.2 Å². The molecule has 0 radical (unpaired) electrons. The molecule has 0 bridgehead atoms. The van der Waals surface area contributed by atoms with E-state index in [0.717, 1.165) is 28.5 Å². The zero-order chi connectivity index (χ0) is 24.1. The molecule has 7 nitrogen and oxygen atoms in total. The van der Waals surface area contributed by atoms with Gasteiger partial charge in [0.1, 0.15) is 0 Å². The van der Waals surface area contributed by atoms with E-state index < -0.39 is 27.5 Å².